The molecule has 0 aliphatic heterocycles. The van der Waals surface area contributed by atoms with Gasteiger partial charge in [-0.1, -0.05) is 72.3 Å². The van der Waals surface area contributed by atoms with Crippen LogP contribution in [0.1, 0.15) is 28.7 Å². The fourth-order valence-corrected chi connectivity index (χ4v) is 6.24. The third-order valence-corrected chi connectivity index (χ3v) is 7.13. The van der Waals surface area contributed by atoms with Crippen LogP contribution >= 0.6 is 7.92 Å². The Morgan fingerprint density at radius 3 is 2.17 bits per heavy atom. The van der Waals surface area contributed by atoms with Crippen molar-refractivity contribution in [3.63, 3.8) is 0 Å². The number of hydrogen-bond donors (Lipinski definition) is 0. The molecule has 0 fully saturated rings. The smallest absolute Gasteiger partial charge is 0.00877 e. The summed E-state index contributed by atoms with van der Waals surface area (Å²) in [6.45, 7) is 9.13. The van der Waals surface area contributed by atoms with Crippen molar-refractivity contribution >= 4 is 18.5 Å². The Morgan fingerprint density at radius 1 is 0.917 bits per heavy atom. The molecule has 0 bridgehead atoms. The first kappa shape index (κ1) is 16.9. The average molecular weight is 332 g/mol. The maximum absolute atomic E-state index is 2.42. The second-order valence-corrected chi connectivity index (χ2v) is 8.55. The summed E-state index contributed by atoms with van der Waals surface area (Å²) in [5.74, 6) is 0. The Balaban J connectivity index is 2.17. The molecule has 1 atom stereocenters. The predicted molar refractivity (Wildman–Crippen MR) is 109 cm³/mol. The number of allylic oxidation sites excluding steroid dienone is 5. The van der Waals surface area contributed by atoms with E-state index < -0.39 is 7.92 Å². The number of aryl methyl sites for hydroxylation is 3. The maximum atomic E-state index is 2.42. The van der Waals surface area contributed by atoms with Crippen LogP contribution in [0.3, 0.4) is 0 Å². The van der Waals surface area contributed by atoms with Gasteiger partial charge in [-0.3, -0.25) is 0 Å². The minimum absolute atomic E-state index is 0.398. The Kier molecular flexibility index (Phi) is 5.17. The summed E-state index contributed by atoms with van der Waals surface area (Å²) in [6, 6.07) is 15.6. The summed E-state index contributed by atoms with van der Waals surface area (Å²) in [6.07, 6.45) is 9.89. The van der Waals surface area contributed by atoms with Gasteiger partial charge in [0, 0.05) is 0 Å². The third-order valence-electron chi connectivity index (χ3n) is 4.54. The van der Waals surface area contributed by atoms with Crippen molar-refractivity contribution in [1.29, 1.82) is 0 Å². The van der Waals surface area contributed by atoms with Crippen LogP contribution in [0.5, 0.6) is 0 Å². The van der Waals surface area contributed by atoms with Crippen molar-refractivity contribution in [3.05, 3.63) is 94.6 Å². The molecule has 1 heteroatoms. The summed E-state index contributed by atoms with van der Waals surface area (Å²) in [5, 5.41) is 3.05. The van der Waals surface area contributed by atoms with Crippen molar-refractivity contribution in [2.45, 2.75) is 27.2 Å². The molecule has 3 rings (SSSR count). The molecular weight excluding hydrogens is 307 g/mol. The number of hydrogen-bond acceptors (Lipinski definition) is 0. The lowest BCUT2D eigenvalue weighted by Gasteiger charge is -2.25. The van der Waals surface area contributed by atoms with Gasteiger partial charge in [-0.15, -0.1) is 0 Å². The van der Waals surface area contributed by atoms with Gasteiger partial charge in [-0.2, -0.15) is 0 Å². The van der Waals surface area contributed by atoms with Crippen LogP contribution in [-0.4, -0.2) is 6.66 Å². The first-order valence-corrected chi connectivity index (χ1v) is 10.3. The fraction of sp³-hybridized carbons (Fsp3) is 0.217. The van der Waals surface area contributed by atoms with E-state index >= 15 is 0 Å². The SMILES string of the molecule is Cc1cc(C)c(P(C)/C(=C2\C=CC=CC2)c2ccccc2)c(C)c1. The lowest BCUT2D eigenvalue weighted by Crippen LogP contribution is -2.11. The van der Waals surface area contributed by atoms with Crippen LogP contribution in [0.2, 0.25) is 0 Å². The summed E-state index contributed by atoms with van der Waals surface area (Å²) < 4.78 is 0. The minimum atomic E-state index is -0.398. The molecule has 0 heterocycles. The number of rotatable bonds is 3. The third kappa shape index (κ3) is 3.45. The molecule has 0 saturated carbocycles. The quantitative estimate of drug-likeness (QED) is 0.581. The van der Waals surface area contributed by atoms with Gasteiger partial charge in [0.15, 0.2) is 0 Å². The van der Waals surface area contributed by atoms with E-state index in [0.29, 0.717) is 0 Å². The zero-order valence-electron chi connectivity index (χ0n) is 15.0. The van der Waals surface area contributed by atoms with Gasteiger partial charge in [0.25, 0.3) is 0 Å². The maximum Gasteiger partial charge on any atom is -0.00877 e. The highest BCUT2D eigenvalue weighted by molar-refractivity contribution is 7.75. The van der Waals surface area contributed by atoms with Gasteiger partial charge in [-0.25, -0.2) is 0 Å². The van der Waals surface area contributed by atoms with E-state index in [1.807, 2.05) is 0 Å². The van der Waals surface area contributed by atoms with E-state index in [1.54, 1.807) is 0 Å². The Bertz CT molecular complexity index is 799. The van der Waals surface area contributed by atoms with Crippen LogP contribution < -0.4 is 5.30 Å². The Morgan fingerprint density at radius 2 is 1.58 bits per heavy atom. The summed E-state index contributed by atoms with van der Waals surface area (Å²) in [4.78, 5) is 0. The molecule has 1 aliphatic carbocycles. The number of benzene rings is 2. The molecule has 0 aromatic heterocycles. The summed E-state index contributed by atoms with van der Waals surface area (Å²) in [7, 11) is -0.398. The van der Waals surface area contributed by atoms with Crippen molar-refractivity contribution in [1.82, 2.24) is 0 Å². The molecule has 0 radical (unpaired) electrons. The lowest BCUT2D eigenvalue weighted by atomic mass is 10.0. The summed E-state index contributed by atoms with van der Waals surface area (Å²) in [5.41, 5.74) is 7.01. The fourth-order valence-electron chi connectivity index (χ4n) is 3.69. The monoisotopic (exact) mass is 332 g/mol. The van der Waals surface area contributed by atoms with Crippen LogP contribution in [0.4, 0.5) is 0 Å². The zero-order chi connectivity index (χ0) is 17.1. The molecule has 1 aliphatic rings. The molecule has 0 N–H and O–H groups in total. The highest BCUT2D eigenvalue weighted by atomic mass is 31.1. The van der Waals surface area contributed by atoms with Crippen LogP contribution in [0, 0.1) is 20.8 Å². The van der Waals surface area contributed by atoms with Crippen LogP contribution in [-0.2, 0) is 0 Å². The molecule has 2 aromatic carbocycles. The van der Waals surface area contributed by atoms with E-state index in [9.17, 15) is 0 Å². The predicted octanol–water partition coefficient (Wildman–Crippen LogP) is 6.28. The minimum Gasteiger partial charge on any atom is -0.0801 e. The molecule has 122 valence electrons. The van der Waals surface area contributed by atoms with E-state index in [2.05, 4.69) is 94.2 Å². The van der Waals surface area contributed by atoms with Crippen molar-refractivity contribution in [2.24, 2.45) is 0 Å². The normalized spacial score (nSPS) is 17.0. The van der Waals surface area contributed by atoms with Gasteiger partial charge >= 0.3 is 0 Å². The van der Waals surface area contributed by atoms with Gasteiger partial charge in [-0.05, 0) is 74.7 Å². The van der Waals surface area contributed by atoms with Crippen molar-refractivity contribution < 1.29 is 0 Å². The Labute approximate surface area is 147 Å². The lowest BCUT2D eigenvalue weighted by molar-refractivity contribution is 1.27. The van der Waals surface area contributed by atoms with Crippen molar-refractivity contribution in [2.75, 3.05) is 6.66 Å². The van der Waals surface area contributed by atoms with E-state index in [4.69, 9.17) is 0 Å². The first-order valence-electron chi connectivity index (χ1n) is 8.51. The molecule has 24 heavy (non-hydrogen) atoms. The first-order chi connectivity index (χ1) is 11.6. The van der Waals surface area contributed by atoms with E-state index in [0.717, 1.165) is 6.42 Å². The molecule has 0 nitrogen and oxygen atoms in total. The highest BCUT2D eigenvalue weighted by Crippen LogP contribution is 2.50. The standard InChI is InChI=1S/C23H25P/c1-17-15-18(2)22(19(3)16-17)24(4)23(20-11-7-5-8-12-20)21-13-9-6-10-14-21/h5-13,15-16H,14H2,1-4H3/b23-21+. The van der Waals surface area contributed by atoms with Crippen LogP contribution in [0.15, 0.2) is 72.3 Å². The Hall–Kier alpha value is -1.91. The molecule has 1 unspecified atom stereocenters. The molecule has 0 amide bonds. The van der Waals surface area contributed by atoms with Gasteiger partial charge < -0.3 is 0 Å². The van der Waals surface area contributed by atoms with Gasteiger partial charge in [0.2, 0.25) is 0 Å². The second-order valence-electron chi connectivity index (χ2n) is 6.54. The van der Waals surface area contributed by atoms with E-state index in [-0.39, 0.29) is 0 Å². The summed E-state index contributed by atoms with van der Waals surface area (Å²) >= 11 is 0. The van der Waals surface area contributed by atoms with Crippen LogP contribution in [0.25, 0.3) is 5.31 Å². The van der Waals surface area contributed by atoms with E-state index in [1.165, 1.54) is 38.4 Å². The van der Waals surface area contributed by atoms with Gasteiger partial charge in [0.05, 0.1) is 0 Å². The molecule has 0 saturated heterocycles. The van der Waals surface area contributed by atoms with Crippen molar-refractivity contribution in [3.8, 4) is 0 Å². The topological polar surface area (TPSA) is 0 Å². The second kappa shape index (κ2) is 7.32. The average Bonchev–Trinajstić information content (AvgIpc) is 2.56. The largest absolute Gasteiger partial charge is 0.0801 e. The molecular formula is C23H25P. The molecule has 0 spiro atoms. The zero-order valence-corrected chi connectivity index (χ0v) is 15.9. The molecule has 2 aromatic rings. The van der Waals surface area contributed by atoms with Gasteiger partial charge in [0.1, 0.15) is 0 Å². The highest BCUT2D eigenvalue weighted by Gasteiger charge is 2.20.